The molecule has 0 atom stereocenters. The molecule has 134 valence electrons. The van der Waals surface area contributed by atoms with Crippen LogP contribution in [0.25, 0.3) is 0 Å². The van der Waals surface area contributed by atoms with Gasteiger partial charge in [-0.3, -0.25) is 4.79 Å². The molecule has 0 heterocycles. The third-order valence-electron chi connectivity index (χ3n) is 3.37. The standard InChI is InChI=1S/C16H16Cl2N2O4S/c1-20(2)25(22,23)11-5-7-15(24-3)14(9-11)19-16(21)12-8-10(17)4-6-13(12)18/h4-9H,1-3H3,(H,19,21). The van der Waals surface area contributed by atoms with Crippen LogP contribution in [-0.4, -0.2) is 39.8 Å². The lowest BCUT2D eigenvalue weighted by Gasteiger charge is -2.15. The Kier molecular flexibility index (Phi) is 5.95. The van der Waals surface area contributed by atoms with Gasteiger partial charge in [0.1, 0.15) is 5.75 Å². The second kappa shape index (κ2) is 7.61. The quantitative estimate of drug-likeness (QED) is 0.829. The van der Waals surface area contributed by atoms with Gasteiger partial charge in [0, 0.05) is 19.1 Å². The molecule has 0 bridgehead atoms. The lowest BCUT2D eigenvalue weighted by atomic mass is 10.2. The largest absolute Gasteiger partial charge is 0.495 e. The summed E-state index contributed by atoms with van der Waals surface area (Å²) < 4.78 is 30.8. The minimum absolute atomic E-state index is 0.0193. The van der Waals surface area contributed by atoms with Crippen molar-refractivity contribution in [2.75, 3.05) is 26.5 Å². The SMILES string of the molecule is COc1ccc(S(=O)(=O)N(C)C)cc1NC(=O)c1cc(Cl)ccc1Cl. The molecule has 0 fully saturated rings. The normalized spacial score (nSPS) is 11.4. The summed E-state index contributed by atoms with van der Waals surface area (Å²) in [6, 6.07) is 8.67. The molecule has 2 aromatic rings. The summed E-state index contributed by atoms with van der Waals surface area (Å²) in [7, 11) is 0.594. The van der Waals surface area contributed by atoms with Gasteiger partial charge in [0.2, 0.25) is 10.0 Å². The van der Waals surface area contributed by atoms with Gasteiger partial charge in [0.05, 0.1) is 28.3 Å². The minimum atomic E-state index is -3.66. The number of nitrogens with zero attached hydrogens (tertiary/aromatic N) is 1. The third kappa shape index (κ3) is 4.24. The molecule has 2 rings (SSSR count). The van der Waals surface area contributed by atoms with Crippen molar-refractivity contribution in [1.82, 2.24) is 4.31 Å². The molecule has 0 aliphatic rings. The number of sulfonamides is 1. The van der Waals surface area contributed by atoms with Crippen LogP contribution in [0.5, 0.6) is 5.75 Å². The van der Waals surface area contributed by atoms with E-state index in [1.165, 1.54) is 51.5 Å². The van der Waals surface area contributed by atoms with Crippen molar-refractivity contribution in [3.8, 4) is 5.75 Å². The van der Waals surface area contributed by atoms with Crippen LogP contribution in [0.1, 0.15) is 10.4 Å². The summed E-state index contributed by atoms with van der Waals surface area (Å²) >= 11 is 11.9. The van der Waals surface area contributed by atoms with Crippen LogP contribution in [-0.2, 0) is 10.0 Å². The predicted octanol–water partition coefficient (Wildman–Crippen LogP) is 3.50. The summed E-state index contributed by atoms with van der Waals surface area (Å²) in [5.74, 6) is -0.227. The van der Waals surface area contributed by atoms with Crippen molar-refractivity contribution in [1.29, 1.82) is 0 Å². The fourth-order valence-corrected chi connectivity index (χ4v) is 3.32. The number of ether oxygens (including phenoxy) is 1. The summed E-state index contributed by atoms with van der Waals surface area (Å²) in [5, 5.41) is 3.18. The van der Waals surface area contributed by atoms with E-state index in [2.05, 4.69) is 5.32 Å². The molecule has 0 aromatic heterocycles. The van der Waals surface area contributed by atoms with E-state index in [0.29, 0.717) is 10.8 Å². The zero-order valence-corrected chi connectivity index (χ0v) is 16.0. The molecule has 6 nitrogen and oxygen atoms in total. The van der Waals surface area contributed by atoms with E-state index in [-0.39, 0.29) is 21.2 Å². The number of methoxy groups -OCH3 is 1. The number of rotatable bonds is 5. The molecule has 1 N–H and O–H groups in total. The maximum atomic E-state index is 12.5. The Balaban J connectivity index is 2.44. The fourth-order valence-electron chi connectivity index (χ4n) is 2.02. The van der Waals surface area contributed by atoms with E-state index in [1.54, 1.807) is 6.07 Å². The van der Waals surface area contributed by atoms with Gasteiger partial charge >= 0.3 is 0 Å². The lowest BCUT2D eigenvalue weighted by Crippen LogP contribution is -2.22. The van der Waals surface area contributed by atoms with E-state index < -0.39 is 15.9 Å². The van der Waals surface area contributed by atoms with Gasteiger partial charge in [-0.1, -0.05) is 23.2 Å². The van der Waals surface area contributed by atoms with Gasteiger partial charge in [-0.2, -0.15) is 0 Å². The maximum Gasteiger partial charge on any atom is 0.257 e. The van der Waals surface area contributed by atoms with Crippen LogP contribution in [0.4, 0.5) is 5.69 Å². The number of amides is 1. The summed E-state index contributed by atoms with van der Waals surface area (Å²) in [6.07, 6.45) is 0. The Morgan fingerprint density at radius 3 is 2.40 bits per heavy atom. The van der Waals surface area contributed by atoms with Gasteiger partial charge in [0.15, 0.2) is 0 Å². The number of benzene rings is 2. The second-order valence-electron chi connectivity index (χ2n) is 5.23. The van der Waals surface area contributed by atoms with Gasteiger partial charge < -0.3 is 10.1 Å². The number of hydrogen-bond donors (Lipinski definition) is 1. The predicted molar refractivity (Wildman–Crippen MR) is 98.3 cm³/mol. The van der Waals surface area contributed by atoms with Crippen LogP contribution < -0.4 is 10.1 Å². The van der Waals surface area contributed by atoms with Crippen LogP contribution in [0.2, 0.25) is 10.0 Å². The highest BCUT2D eigenvalue weighted by atomic mass is 35.5. The van der Waals surface area contributed by atoms with Crippen molar-refractivity contribution < 1.29 is 17.9 Å². The molecule has 0 radical (unpaired) electrons. The lowest BCUT2D eigenvalue weighted by molar-refractivity contribution is 0.102. The molecule has 0 saturated carbocycles. The van der Waals surface area contributed by atoms with E-state index in [4.69, 9.17) is 27.9 Å². The number of carbonyl (C=O) groups excluding carboxylic acids is 1. The molecular formula is C16H16Cl2N2O4S. The molecule has 0 aliphatic heterocycles. The van der Waals surface area contributed by atoms with E-state index in [1.807, 2.05) is 0 Å². The highest BCUT2D eigenvalue weighted by Crippen LogP contribution is 2.30. The number of halogens is 2. The molecule has 0 unspecified atom stereocenters. The highest BCUT2D eigenvalue weighted by Gasteiger charge is 2.20. The fraction of sp³-hybridized carbons (Fsp3) is 0.188. The molecule has 1 amide bonds. The smallest absolute Gasteiger partial charge is 0.257 e. The molecule has 25 heavy (non-hydrogen) atoms. The maximum absolute atomic E-state index is 12.5. The number of hydrogen-bond acceptors (Lipinski definition) is 4. The van der Waals surface area contributed by atoms with Crippen molar-refractivity contribution in [3.63, 3.8) is 0 Å². The average molecular weight is 403 g/mol. The highest BCUT2D eigenvalue weighted by molar-refractivity contribution is 7.89. The van der Waals surface area contributed by atoms with Gasteiger partial charge in [0.25, 0.3) is 5.91 Å². The first-order chi connectivity index (χ1) is 11.7. The molecule has 0 aliphatic carbocycles. The molecule has 2 aromatic carbocycles. The monoisotopic (exact) mass is 402 g/mol. The first-order valence-electron chi connectivity index (χ1n) is 7.03. The van der Waals surface area contributed by atoms with Crippen LogP contribution in [0.15, 0.2) is 41.3 Å². The van der Waals surface area contributed by atoms with Crippen molar-refractivity contribution in [2.24, 2.45) is 0 Å². The Labute approximate surface area is 156 Å². The first-order valence-corrected chi connectivity index (χ1v) is 9.23. The van der Waals surface area contributed by atoms with E-state index >= 15 is 0 Å². The number of carbonyl (C=O) groups is 1. The van der Waals surface area contributed by atoms with Crippen LogP contribution >= 0.6 is 23.2 Å². The zero-order chi connectivity index (χ0) is 18.8. The summed E-state index contributed by atoms with van der Waals surface area (Å²) in [5.41, 5.74) is 0.364. The third-order valence-corrected chi connectivity index (χ3v) is 5.75. The number of nitrogens with one attached hydrogen (secondary N) is 1. The zero-order valence-electron chi connectivity index (χ0n) is 13.7. The Hall–Kier alpha value is -1.80. The molecular weight excluding hydrogens is 387 g/mol. The van der Waals surface area contributed by atoms with E-state index in [9.17, 15) is 13.2 Å². The first kappa shape index (κ1) is 19.5. The Morgan fingerprint density at radius 2 is 1.80 bits per heavy atom. The average Bonchev–Trinajstić information content (AvgIpc) is 2.56. The van der Waals surface area contributed by atoms with Gasteiger partial charge in [-0.05, 0) is 36.4 Å². The summed E-state index contributed by atoms with van der Waals surface area (Å²) in [6.45, 7) is 0. The van der Waals surface area contributed by atoms with Crippen molar-refractivity contribution in [3.05, 3.63) is 52.0 Å². The topological polar surface area (TPSA) is 75.7 Å². The summed E-state index contributed by atoms with van der Waals surface area (Å²) in [4.78, 5) is 12.5. The second-order valence-corrected chi connectivity index (χ2v) is 8.22. The van der Waals surface area contributed by atoms with Gasteiger partial charge in [-0.15, -0.1) is 0 Å². The van der Waals surface area contributed by atoms with E-state index in [0.717, 1.165) is 4.31 Å². The van der Waals surface area contributed by atoms with Crippen LogP contribution in [0.3, 0.4) is 0 Å². The Morgan fingerprint density at radius 1 is 1.12 bits per heavy atom. The number of anilines is 1. The van der Waals surface area contributed by atoms with Gasteiger partial charge in [-0.25, -0.2) is 12.7 Å². The van der Waals surface area contributed by atoms with Crippen LogP contribution in [0, 0.1) is 0 Å². The Bertz CT molecular complexity index is 914. The minimum Gasteiger partial charge on any atom is -0.495 e. The van der Waals surface area contributed by atoms with Crippen molar-refractivity contribution in [2.45, 2.75) is 4.90 Å². The molecule has 9 heteroatoms. The molecule has 0 saturated heterocycles. The molecule has 0 spiro atoms. The van der Waals surface area contributed by atoms with Crippen molar-refractivity contribution >= 4 is 44.8 Å².